The van der Waals surface area contributed by atoms with E-state index in [-0.39, 0.29) is 17.7 Å². The number of ether oxygens (including phenoxy) is 1. The summed E-state index contributed by atoms with van der Waals surface area (Å²) in [6.45, 7) is 2.13. The van der Waals surface area contributed by atoms with E-state index < -0.39 is 17.8 Å². The van der Waals surface area contributed by atoms with Crippen molar-refractivity contribution >= 4 is 17.7 Å². The number of nitrogens with one attached hydrogen (secondary N) is 2. The number of carboxylic acids is 1. The topological polar surface area (TPSA) is 87.7 Å². The zero-order chi connectivity index (χ0) is 16.8. The molecule has 0 aromatic heterocycles. The Labute approximate surface area is 134 Å². The van der Waals surface area contributed by atoms with Crippen molar-refractivity contribution in [2.75, 3.05) is 11.9 Å². The SMILES string of the molecule is CCOc1ccc(NC(=O)NC2CCC(C(=O)O)CC2)cc1F. The second-order valence-electron chi connectivity index (χ2n) is 5.56. The molecule has 0 atom stereocenters. The summed E-state index contributed by atoms with van der Waals surface area (Å²) in [6.07, 6.45) is 2.36. The summed E-state index contributed by atoms with van der Waals surface area (Å²) in [5.41, 5.74) is 0.336. The van der Waals surface area contributed by atoms with Crippen molar-refractivity contribution in [1.82, 2.24) is 5.32 Å². The van der Waals surface area contributed by atoms with Gasteiger partial charge in [-0.25, -0.2) is 9.18 Å². The second kappa shape index (κ2) is 7.80. The van der Waals surface area contributed by atoms with Crippen LogP contribution in [0.3, 0.4) is 0 Å². The quantitative estimate of drug-likeness (QED) is 0.777. The van der Waals surface area contributed by atoms with Crippen molar-refractivity contribution in [2.45, 2.75) is 38.6 Å². The van der Waals surface area contributed by atoms with Crippen molar-refractivity contribution in [2.24, 2.45) is 5.92 Å². The van der Waals surface area contributed by atoms with Crippen LogP contribution in [0.5, 0.6) is 5.75 Å². The van der Waals surface area contributed by atoms with Gasteiger partial charge in [0.2, 0.25) is 0 Å². The number of amides is 2. The lowest BCUT2D eigenvalue weighted by atomic mass is 9.86. The van der Waals surface area contributed by atoms with Gasteiger partial charge in [-0.05, 0) is 44.7 Å². The highest BCUT2D eigenvalue weighted by Gasteiger charge is 2.26. The summed E-state index contributed by atoms with van der Waals surface area (Å²) in [6, 6.07) is 3.75. The predicted molar refractivity (Wildman–Crippen MR) is 83.1 cm³/mol. The molecule has 0 unspecified atom stereocenters. The van der Waals surface area contributed by atoms with E-state index in [0.717, 1.165) is 0 Å². The molecule has 1 aliphatic rings. The molecule has 3 N–H and O–H groups in total. The fourth-order valence-corrected chi connectivity index (χ4v) is 2.69. The first-order valence-corrected chi connectivity index (χ1v) is 7.72. The largest absolute Gasteiger partial charge is 0.491 e. The van der Waals surface area contributed by atoms with Gasteiger partial charge >= 0.3 is 12.0 Å². The molecule has 0 aliphatic heterocycles. The third-order valence-corrected chi connectivity index (χ3v) is 3.90. The van der Waals surface area contributed by atoms with Crippen LogP contribution in [-0.4, -0.2) is 29.8 Å². The molecule has 0 radical (unpaired) electrons. The van der Waals surface area contributed by atoms with Gasteiger partial charge in [-0.15, -0.1) is 0 Å². The van der Waals surface area contributed by atoms with Gasteiger partial charge in [-0.3, -0.25) is 4.79 Å². The van der Waals surface area contributed by atoms with Crippen LogP contribution in [0.1, 0.15) is 32.6 Å². The van der Waals surface area contributed by atoms with Crippen LogP contribution in [0.25, 0.3) is 0 Å². The molecule has 1 saturated carbocycles. The highest BCUT2D eigenvalue weighted by molar-refractivity contribution is 5.89. The minimum absolute atomic E-state index is 0.0573. The number of benzene rings is 1. The molecule has 0 heterocycles. The minimum atomic E-state index is -0.780. The van der Waals surface area contributed by atoms with Gasteiger partial charge in [0.05, 0.1) is 12.5 Å². The molecule has 6 nitrogen and oxygen atoms in total. The molecule has 1 aromatic carbocycles. The number of aliphatic carboxylic acids is 1. The van der Waals surface area contributed by atoms with E-state index >= 15 is 0 Å². The summed E-state index contributed by atoms with van der Waals surface area (Å²) in [7, 11) is 0. The van der Waals surface area contributed by atoms with E-state index in [9.17, 15) is 14.0 Å². The Balaban J connectivity index is 1.83. The second-order valence-corrected chi connectivity index (χ2v) is 5.56. The Morgan fingerprint density at radius 3 is 2.57 bits per heavy atom. The molecule has 2 amide bonds. The Morgan fingerprint density at radius 1 is 1.30 bits per heavy atom. The summed E-state index contributed by atoms with van der Waals surface area (Å²) in [4.78, 5) is 22.8. The fraction of sp³-hybridized carbons (Fsp3) is 0.500. The molecule has 2 rings (SSSR count). The average Bonchev–Trinajstić information content (AvgIpc) is 2.50. The van der Waals surface area contributed by atoms with Gasteiger partial charge in [-0.2, -0.15) is 0 Å². The van der Waals surface area contributed by atoms with E-state index in [1.807, 2.05) is 0 Å². The van der Waals surface area contributed by atoms with Gasteiger partial charge in [0.1, 0.15) is 0 Å². The standard InChI is InChI=1S/C16H21FN2O4/c1-2-23-14-8-7-12(9-13(14)17)19-16(22)18-11-5-3-10(4-6-11)15(20)21/h7-11H,2-6H2,1H3,(H,20,21)(H2,18,19,22). The molecule has 126 valence electrons. The number of hydrogen-bond acceptors (Lipinski definition) is 3. The summed E-state index contributed by atoms with van der Waals surface area (Å²) in [5.74, 6) is -1.49. The van der Waals surface area contributed by atoms with Crippen LogP contribution in [0, 0.1) is 11.7 Å². The van der Waals surface area contributed by atoms with E-state index in [1.54, 1.807) is 13.0 Å². The smallest absolute Gasteiger partial charge is 0.319 e. The number of rotatable bonds is 5. The summed E-state index contributed by atoms with van der Waals surface area (Å²) < 4.78 is 18.8. The maximum Gasteiger partial charge on any atom is 0.319 e. The van der Waals surface area contributed by atoms with Gasteiger partial charge in [-0.1, -0.05) is 0 Å². The maximum absolute atomic E-state index is 13.7. The molecule has 1 aliphatic carbocycles. The lowest BCUT2D eigenvalue weighted by Crippen LogP contribution is -2.41. The highest BCUT2D eigenvalue weighted by atomic mass is 19.1. The van der Waals surface area contributed by atoms with Crippen molar-refractivity contribution in [1.29, 1.82) is 0 Å². The number of carbonyl (C=O) groups excluding carboxylic acids is 1. The number of anilines is 1. The van der Waals surface area contributed by atoms with Crippen molar-refractivity contribution in [3.63, 3.8) is 0 Å². The fourth-order valence-electron chi connectivity index (χ4n) is 2.69. The Hall–Kier alpha value is -2.31. The Morgan fingerprint density at radius 2 is 2.00 bits per heavy atom. The van der Waals surface area contributed by atoms with Gasteiger partial charge in [0, 0.05) is 17.8 Å². The summed E-state index contributed by atoms with van der Waals surface area (Å²) >= 11 is 0. The molecule has 23 heavy (non-hydrogen) atoms. The maximum atomic E-state index is 13.7. The Bertz CT molecular complexity index is 571. The van der Waals surface area contributed by atoms with E-state index in [2.05, 4.69) is 10.6 Å². The van der Waals surface area contributed by atoms with Crippen LogP contribution in [0.15, 0.2) is 18.2 Å². The molecule has 0 saturated heterocycles. The molecule has 1 fully saturated rings. The van der Waals surface area contributed by atoms with Crippen LogP contribution in [0.4, 0.5) is 14.9 Å². The Kier molecular flexibility index (Phi) is 5.78. The third kappa shape index (κ3) is 4.84. The lowest BCUT2D eigenvalue weighted by Gasteiger charge is -2.26. The monoisotopic (exact) mass is 324 g/mol. The van der Waals surface area contributed by atoms with Gasteiger partial charge in [0.25, 0.3) is 0 Å². The van der Waals surface area contributed by atoms with Crippen molar-refractivity contribution in [3.8, 4) is 5.75 Å². The van der Waals surface area contributed by atoms with Crippen molar-refractivity contribution < 1.29 is 23.8 Å². The normalized spacial score (nSPS) is 20.6. The van der Waals surface area contributed by atoms with Crippen LogP contribution in [0.2, 0.25) is 0 Å². The zero-order valence-electron chi connectivity index (χ0n) is 13.0. The predicted octanol–water partition coefficient (Wildman–Crippen LogP) is 2.99. The molecule has 1 aromatic rings. The molecule has 0 spiro atoms. The zero-order valence-corrected chi connectivity index (χ0v) is 13.0. The molecular weight excluding hydrogens is 303 g/mol. The molecule has 7 heteroatoms. The van der Waals surface area contributed by atoms with Crippen molar-refractivity contribution in [3.05, 3.63) is 24.0 Å². The highest BCUT2D eigenvalue weighted by Crippen LogP contribution is 2.25. The molecular formula is C16H21FN2O4. The molecule has 0 bridgehead atoms. The average molecular weight is 324 g/mol. The van der Waals surface area contributed by atoms with E-state index in [1.165, 1.54) is 12.1 Å². The lowest BCUT2D eigenvalue weighted by molar-refractivity contribution is -0.142. The first-order chi connectivity index (χ1) is 11.0. The van der Waals surface area contributed by atoms with E-state index in [4.69, 9.17) is 9.84 Å². The minimum Gasteiger partial charge on any atom is -0.491 e. The van der Waals surface area contributed by atoms with Gasteiger partial charge < -0.3 is 20.5 Å². The number of urea groups is 1. The van der Waals surface area contributed by atoms with Crippen LogP contribution in [-0.2, 0) is 4.79 Å². The number of hydrogen-bond donors (Lipinski definition) is 3. The van der Waals surface area contributed by atoms with Crippen LogP contribution < -0.4 is 15.4 Å². The number of carbonyl (C=O) groups is 2. The van der Waals surface area contributed by atoms with E-state index in [0.29, 0.717) is 38.0 Å². The van der Waals surface area contributed by atoms with Gasteiger partial charge in [0.15, 0.2) is 11.6 Å². The summed E-state index contributed by atoms with van der Waals surface area (Å²) in [5, 5.41) is 14.3. The number of halogens is 1. The first-order valence-electron chi connectivity index (χ1n) is 7.72. The first kappa shape index (κ1) is 17.1. The van der Waals surface area contributed by atoms with Crippen LogP contribution >= 0.6 is 0 Å². The number of carboxylic acid groups (broad SMARTS) is 1. The third-order valence-electron chi connectivity index (χ3n) is 3.90.